The smallest absolute Gasteiger partial charge is 0.410 e. The Morgan fingerprint density at radius 3 is 1.03 bits per heavy atom. The average molecular weight is 1590 g/mol. The van der Waals surface area contributed by atoms with Crippen LogP contribution in [0.15, 0.2) is 0 Å². The molecule has 20 N–H and O–H groups in total. The summed E-state index contributed by atoms with van der Waals surface area (Å²) in [5, 5.41) is 121. The minimum atomic E-state index is -0.622. The minimum Gasteiger partial charge on any atom is -0.449 e. The van der Waals surface area contributed by atoms with Gasteiger partial charge in [0.05, 0.1) is 97.5 Å². The van der Waals surface area contributed by atoms with E-state index in [4.69, 9.17) is 80.2 Å². The maximum Gasteiger partial charge on any atom is 0.410 e. The molecule has 1 saturated heterocycles. The third-order valence-electron chi connectivity index (χ3n) is 10.5. The molecule has 1 rings (SSSR count). The third kappa shape index (κ3) is 112. The molecule has 10 amide bonds. The van der Waals surface area contributed by atoms with Gasteiger partial charge < -0.3 is 161 Å². The first-order valence-electron chi connectivity index (χ1n) is 35.9. The van der Waals surface area contributed by atoms with Crippen molar-refractivity contribution in [3.63, 3.8) is 0 Å². The lowest BCUT2D eigenvalue weighted by Crippen LogP contribution is -2.37. The van der Waals surface area contributed by atoms with Crippen molar-refractivity contribution < 1.29 is 157 Å². The van der Waals surface area contributed by atoms with Gasteiger partial charge in [-0.1, -0.05) is 67.7 Å². The van der Waals surface area contributed by atoms with Crippen molar-refractivity contribution in [1.82, 2.24) is 52.3 Å². The molecular formula is C66H140N10O32. The molecule has 0 aromatic rings. The lowest BCUT2D eigenvalue weighted by Gasteiger charge is -2.21. The Kier molecular flexibility index (Phi) is 105. The molecule has 0 saturated carbocycles. The summed E-state index contributed by atoms with van der Waals surface area (Å²) in [6, 6.07) is 0. The van der Waals surface area contributed by atoms with Crippen molar-refractivity contribution in [2.75, 3.05) is 191 Å². The predicted molar refractivity (Wildman–Crippen MR) is 396 cm³/mol. The fourth-order valence-electron chi connectivity index (χ4n) is 5.33. The summed E-state index contributed by atoms with van der Waals surface area (Å²) < 4.78 is 46.2. The van der Waals surface area contributed by atoms with Gasteiger partial charge in [0.2, 0.25) is 0 Å². The van der Waals surface area contributed by atoms with Gasteiger partial charge in [0.1, 0.15) is 51.8 Å². The normalized spacial score (nSPS) is 11.4. The molecule has 4 unspecified atom stereocenters. The summed E-state index contributed by atoms with van der Waals surface area (Å²) in [5.74, 6) is 0.342. The van der Waals surface area contributed by atoms with E-state index in [0.29, 0.717) is 64.9 Å². The van der Waals surface area contributed by atoms with Gasteiger partial charge in [-0.3, -0.25) is 0 Å². The molecule has 1 heterocycles. The molecular weight excluding hydrogens is 1440 g/mol. The number of cyclic esters (lactones) is 1. The van der Waals surface area contributed by atoms with Gasteiger partial charge >= 0.3 is 60.9 Å². The first kappa shape index (κ1) is 119. The number of β-amino-alcohol motifs (C(OH)–C–C–N with tert-alkyl or cyclic N) is 1. The number of carbonyl (C=O) groups is 10. The van der Waals surface area contributed by atoms with Crippen molar-refractivity contribution in [3.8, 4) is 0 Å². The van der Waals surface area contributed by atoms with Crippen molar-refractivity contribution >= 4 is 60.9 Å². The molecule has 42 heteroatoms. The van der Waals surface area contributed by atoms with Gasteiger partial charge in [-0.2, -0.15) is 0 Å². The Morgan fingerprint density at radius 2 is 0.750 bits per heavy atom. The number of carbonyl (C=O) groups excluding carboxylic acids is 10. The molecule has 0 aromatic carbocycles. The Labute approximate surface area is 637 Å². The predicted octanol–water partition coefficient (Wildman–Crippen LogP) is 0.940. The number of hydrogen-bond acceptors (Lipinski definition) is 32. The topological polar surface area (TPSA) is 608 Å². The van der Waals surface area contributed by atoms with Crippen LogP contribution in [0, 0.1) is 5.92 Å². The summed E-state index contributed by atoms with van der Waals surface area (Å²) in [6.45, 7) is 28.7. The average Bonchev–Trinajstić information content (AvgIpc) is 1.77. The Balaban J connectivity index is -0.000000144. The molecule has 0 radical (unpaired) electrons. The van der Waals surface area contributed by atoms with E-state index < -0.39 is 79.3 Å². The number of alkyl carbamates (subject to hydrolysis) is 8. The number of nitrogens with zero attached hydrogens (tertiary/aromatic N) is 2. The molecule has 0 aliphatic carbocycles. The van der Waals surface area contributed by atoms with Crippen LogP contribution in [0.2, 0.25) is 0 Å². The lowest BCUT2D eigenvalue weighted by atomic mass is 10.2. The van der Waals surface area contributed by atoms with E-state index >= 15 is 0 Å². The highest BCUT2D eigenvalue weighted by Gasteiger charge is 2.20. The molecule has 1 fully saturated rings. The highest BCUT2D eigenvalue weighted by atomic mass is 16.6. The van der Waals surface area contributed by atoms with Crippen LogP contribution in [-0.2, 0) is 47.4 Å². The highest BCUT2D eigenvalue weighted by molar-refractivity contribution is 5.70. The SMILES string of the molecule is CC(C)COC(=O)NCCO.CC(C)OC(=O)N(CCO)CCO.CCCCNC(=O)OC(C)CO.CCCCNC(=O)OCC(C)O.CCCCNC(=O)OCCO.CCCNC(=O)OC(C)CO.CCCNC(=O)OCC(C)O.CNC(=O)OCCO.O=C(NCCO)OCCO.O=C1OCCN1CCO. The van der Waals surface area contributed by atoms with Crippen molar-refractivity contribution in [2.24, 2.45) is 5.92 Å². The molecule has 0 spiro atoms. The molecule has 1 aliphatic rings. The molecule has 646 valence electrons. The van der Waals surface area contributed by atoms with Gasteiger partial charge in [-0.25, -0.2) is 47.9 Å². The second-order valence-corrected chi connectivity index (χ2v) is 22.2. The van der Waals surface area contributed by atoms with E-state index in [2.05, 4.69) is 71.0 Å². The van der Waals surface area contributed by atoms with Crippen molar-refractivity contribution in [1.29, 1.82) is 0 Å². The second kappa shape index (κ2) is 95.3. The van der Waals surface area contributed by atoms with E-state index in [9.17, 15) is 47.9 Å². The number of aliphatic hydroxyl groups is 12. The van der Waals surface area contributed by atoms with Gasteiger partial charge in [-0.15, -0.1) is 0 Å². The second-order valence-electron chi connectivity index (χ2n) is 22.2. The standard InChI is InChI=1S/C8H17NO4.2C8H17NO3.4C7H15NO3.C5H11NO4.C5H9NO3.C4H9NO3/c1-7(2)13-8(12)9(3-5-10)4-6-11;1-3-4-5-9-8(11)12-6-7(2)10;1-3-4-5-9-8(11)12-7(2)6-10;1-6(2)5-11-7(10)8-3-4-9;1-3-4-8-7(10)11-5-6(2)9;1-3-4-8-7(10)11-6(2)5-9;1-2-3-4-8-7(10)11-6-5-9;7-2-1-6-5(9)10-4-3-8;7-3-1-6-2-4-9-5(6)8;1-5-4(7)8-3-2-6/h7,10-11H,3-6H2,1-2H3;2*7,10H,3-6H2,1-2H3,(H,9,11);3*6,9H,3-5H2,1-2H3,(H,8,10);9H,2-6H2,1H3,(H,8,10);7-8H,1-4H2,(H,6,9);7H,1-4H2;6H,2-3H2,1H3,(H,5,7). The Morgan fingerprint density at radius 1 is 0.417 bits per heavy atom. The number of aliphatic hydroxyl groups excluding tert-OH is 12. The van der Waals surface area contributed by atoms with Gasteiger partial charge in [0.15, 0.2) is 0 Å². The zero-order chi connectivity index (χ0) is 84.6. The number of ether oxygens (including phenoxy) is 10. The summed E-state index contributed by atoms with van der Waals surface area (Å²) >= 11 is 0. The lowest BCUT2D eigenvalue weighted by molar-refractivity contribution is 0.0645. The van der Waals surface area contributed by atoms with Gasteiger partial charge in [0.25, 0.3) is 0 Å². The highest BCUT2D eigenvalue weighted by Crippen LogP contribution is 2.01. The number of amides is 10. The molecule has 1 aliphatic heterocycles. The molecule has 4 atom stereocenters. The summed E-state index contributed by atoms with van der Waals surface area (Å²) in [4.78, 5) is 109. The van der Waals surface area contributed by atoms with Crippen LogP contribution in [0.4, 0.5) is 47.9 Å². The number of hydrogen-bond donors (Lipinski definition) is 20. The summed E-state index contributed by atoms with van der Waals surface area (Å²) in [6.07, 6.45) is 0.787. The van der Waals surface area contributed by atoms with E-state index in [1.807, 2.05) is 48.5 Å². The zero-order valence-electron chi connectivity index (χ0n) is 66.3. The van der Waals surface area contributed by atoms with Crippen LogP contribution < -0.4 is 42.5 Å². The van der Waals surface area contributed by atoms with E-state index in [1.165, 1.54) is 16.8 Å². The molecule has 42 nitrogen and oxygen atoms in total. The fraction of sp³-hybridized carbons (Fsp3) is 0.848. The maximum atomic E-state index is 11.2. The Bertz CT molecular complexity index is 2010. The summed E-state index contributed by atoms with van der Waals surface area (Å²) in [5.41, 5.74) is 0. The summed E-state index contributed by atoms with van der Waals surface area (Å²) in [7, 11) is 1.46. The van der Waals surface area contributed by atoms with E-state index in [0.717, 1.165) is 51.4 Å². The Hall–Kier alpha value is -7.78. The van der Waals surface area contributed by atoms with Crippen LogP contribution in [0.3, 0.4) is 0 Å². The van der Waals surface area contributed by atoms with Crippen LogP contribution in [0.1, 0.15) is 141 Å². The molecule has 0 aromatic heterocycles. The first-order valence-corrected chi connectivity index (χ1v) is 35.9. The monoisotopic (exact) mass is 1580 g/mol. The molecule has 108 heavy (non-hydrogen) atoms. The fourth-order valence-corrected chi connectivity index (χ4v) is 5.33. The van der Waals surface area contributed by atoms with E-state index in [-0.39, 0.29) is 137 Å². The van der Waals surface area contributed by atoms with Crippen molar-refractivity contribution in [3.05, 3.63) is 0 Å². The zero-order valence-corrected chi connectivity index (χ0v) is 66.3. The van der Waals surface area contributed by atoms with Crippen LogP contribution in [0.25, 0.3) is 0 Å². The first-order chi connectivity index (χ1) is 51.3. The van der Waals surface area contributed by atoms with E-state index in [1.54, 1.807) is 41.5 Å². The van der Waals surface area contributed by atoms with Crippen LogP contribution in [0.5, 0.6) is 0 Å². The van der Waals surface area contributed by atoms with Crippen LogP contribution in [-0.4, -0.2) is 354 Å². The van der Waals surface area contributed by atoms with Crippen molar-refractivity contribution in [2.45, 2.75) is 172 Å². The minimum absolute atomic E-state index is 0.00903. The number of rotatable bonds is 40. The van der Waals surface area contributed by atoms with Gasteiger partial charge in [0, 0.05) is 72.5 Å². The maximum absolute atomic E-state index is 11.2. The van der Waals surface area contributed by atoms with Crippen LogP contribution >= 0.6 is 0 Å². The number of unbranched alkanes of at least 4 members (excludes halogenated alkanes) is 3. The quantitative estimate of drug-likeness (QED) is 0.0300. The largest absolute Gasteiger partial charge is 0.449 e. The number of nitrogens with one attached hydrogen (secondary N) is 8. The molecule has 0 bridgehead atoms. The third-order valence-corrected chi connectivity index (χ3v) is 10.5. The van der Waals surface area contributed by atoms with Gasteiger partial charge in [-0.05, 0) is 79.6 Å².